The smallest absolute Gasteiger partial charge is 0.378 e. The van der Waals surface area contributed by atoms with Crippen LogP contribution in [0.5, 0.6) is 0 Å². The Morgan fingerprint density at radius 2 is 1.80 bits per heavy atom. The quantitative estimate of drug-likeness (QED) is 0.458. The molecule has 0 bridgehead atoms. The lowest BCUT2D eigenvalue weighted by atomic mass is 10.1. The van der Waals surface area contributed by atoms with E-state index in [0.29, 0.717) is 56.6 Å². The van der Waals surface area contributed by atoms with Gasteiger partial charge in [0, 0.05) is 69.0 Å². The van der Waals surface area contributed by atoms with Crippen LogP contribution in [0, 0.1) is 5.82 Å². The number of ether oxygens (including phenoxy) is 1. The van der Waals surface area contributed by atoms with Crippen molar-refractivity contribution in [3.05, 3.63) is 47.8 Å². The van der Waals surface area contributed by atoms with Gasteiger partial charge in [-0.3, -0.25) is 9.48 Å². The number of halogens is 4. The van der Waals surface area contributed by atoms with Gasteiger partial charge in [-0.1, -0.05) is 0 Å². The zero-order valence-corrected chi connectivity index (χ0v) is 22.4. The Hall–Kier alpha value is -3.78. The molecule has 10 nitrogen and oxygen atoms in total. The fourth-order valence-electron chi connectivity index (χ4n) is 4.97. The van der Waals surface area contributed by atoms with Crippen molar-refractivity contribution in [3.63, 3.8) is 0 Å². The first-order valence-corrected chi connectivity index (χ1v) is 12.8. The number of morpholine rings is 1. The maximum atomic E-state index is 15.6. The lowest BCUT2D eigenvalue weighted by Crippen LogP contribution is -2.37. The molecule has 0 radical (unpaired) electrons. The highest BCUT2D eigenvalue weighted by molar-refractivity contribution is 6.07. The van der Waals surface area contributed by atoms with Crippen molar-refractivity contribution >= 4 is 23.2 Å². The minimum absolute atomic E-state index is 0.109. The maximum Gasteiger partial charge on any atom is 0.435 e. The molecule has 0 saturated carbocycles. The van der Waals surface area contributed by atoms with Crippen LogP contribution in [-0.2, 0) is 18.0 Å². The first kappa shape index (κ1) is 27.8. The van der Waals surface area contributed by atoms with Crippen LogP contribution in [0.15, 0.2) is 30.7 Å². The first-order chi connectivity index (χ1) is 19.0. The minimum Gasteiger partial charge on any atom is -0.378 e. The van der Waals surface area contributed by atoms with Crippen LogP contribution in [0.2, 0.25) is 0 Å². The molecule has 2 aliphatic heterocycles. The van der Waals surface area contributed by atoms with Gasteiger partial charge in [0.15, 0.2) is 5.69 Å². The molecule has 4 heterocycles. The monoisotopic (exact) mass is 562 g/mol. The van der Waals surface area contributed by atoms with E-state index in [9.17, 15) is 18.0 Å². The average Bonchev–Trinajstić information content (AvgIpc) is 3.58. The predicted molar refractivity (Wildman–Crippen MR) is 141 cm³/mol. The van der Waals surface area contributed by atoms with Crippen LogP contribution in [-0.4, -0.2) is 90.1 Å². The van der Waals surface area contributed by atoms with Crippen LogP contribution < -0.4 is 15.1 Å². The molecule has 3 aromatic rings. The van der Waals surface area contributed by atoms with Crippen LogP contribution in [0.1, 0.15) is 22.5 Å². The molecule has 1 atom stereocenters. The second kappa shape index (κ2) is 11.0. The molecule has 2 aromatic heterocycles. The Morgan fingerprint density at radius 1 is 1.10 bits per heavy atom. The summed E-state index contributed by atoms with van der Waals surface area (Å²) in [6.07, 6.45) is -0.0252. The van der Waals surface area contributed by atoms with Crippen molar-refractivity contribution in [2.24, 2.45) is 7.05 Å². The lowest BCUT2D eigenvalue weighted by molar-refractivity contribution is -0.141. The molecule has 1 amide bonds. The number of nitrogens with zero attached hydrogens (tertiary/aromatic N) is 7. The molecule has 0 aliphatic carbocycles. The summed E-state index contributed by atoms with van der Waals surface area (Å²) in [6, 6.07) is 2.91. The van der Waals surface area contributed by atoms with E-state index in [0.717, 1.165) is 17.3 Å². The molecular weight excluding hydrogens is 532 g/mol. The molecule has 14 heteroatoms. The summed E-state index contributed by atoms with van der Waals surface area (Å²) < 4.78 is 62.6. The largest absolute Gasteiger partial charge is 0.435 e. The summed E-state index contributed by atoms with van der Waals surface area (Å²) in [6.45, 7) is 3.54. The highest BCUT2D eigenvalue weighted by atomic mass is 19.4. The van der Waals surface area contributed by atoms with Crippen LogP contribution >= 0.6 is 0 Å². The molecule has 40 heavy (non-hydrogen) atoms. The van der Waals surface area contributed by atoms with E-state index in [2.05, 4.69) is 25.3 Å². The van der Waals surface area contributed by atoms with Crippen molar-refractivity contribution in [1.82, 2.24) is 24.6 Å². The number of hydrogen-bond donors (Lipinski definition) is 1. The summed E-state index contributed by atoms with van der Waals surface area (Å²) >= 11 is 0. The van der Waals surface area contributed by atoms with Crippen molar-refractivity contribution in [2.45, 2.75) is 18.6 Å². The third-order valence-corrected chi connectivity index (χ3v) is 7.15. The third kappa shape index (κ3) is 5.72. The van der Waals surface area contributed by atoms with Gasteiger partial charge in [-0.2, -0.15) is 18.3 Å². The number of aromatic nitrogens is 4. The zero-order valence-electron chi connectivity index (χ0n) is 22.4. The first-order valence-electron chi connectivity index (χ1n) is 12.8. The Morgan fingerprint density at radius 3 is 2.42 bits per heavy atom. The number of nitrogens with one attached hydrogen (secondary N) is 1. The highest BCUT2D eigenvalue weighted by Crippen LogP contribution is 2.37. The number of rotatable bonds is 6. The van der Waals surface area contributed by atoms with Gasteiger partial charge >= 0.3 is 6.18 Å². The highest BCUT2D eigenvalue weighted by Gasteiger charge is 2.39. The number of benzene rings is 1. The summed E-state index contributed by atoms with van der Waals surface area (Å²) in [5, 5.41) is 6.02. The molecule has 2 aliphatic rings. The number of carbonyl (C=O) groups is 1. The standard InChI is InChI=1S/C26H30F4N8O2/c1-35(2)17-4-5-38(14-17)22-11-20(27)18(16-12-31-25(32-13-16)37-6-8-40-9-7-37)10-21(22)33-24(39)19-15-36(3)34-23(19)26(28,29)30/h10-13,15,17H,4-9,14H2,1-3H3,(H,33,39). The Bertz CT molecular complexity index is 1370. The van der Waals surface area contributed by atoms with Crippen LogP contribution in [0.3, 0.4) is 0 Å². The number of amides is 1. The molecule has 214 valence electrons. The molecular formula is C26H30F4N8O2. The van der Waals surface area contributed by atoms with Gasteiger partial charge in [0.25, 0.3) is 5.91 Å². The third-order valence-electron chi connectivity index (χ3n) is 7.15. The molecule has 2 saturated heterocycles. The molecule has 0 spiro atoms. The van der Waals surface area contributed by atoms with E-state index < -0.39 is 29.2 Å². The van der Waals surface area contributed by atoms with Crippen molar-refractivity contribution < 1.29 is 27.1 Å². The second-order valence-corrected chi connectivity index (χ2v) is 10.1. The SMILES string of the molecule is CN(C)C1CCN(c2cc(F)c(-c3cnc(N4CCOCC4)nc3)cc2NC(=O)c2cn(C)nc2C(F)(F)F)C1. The Labute approximate surface area is 228 Å². The summed E-state index contributed by atoms with van der Waals surface area (Å²) in [4.78, 5) is 27.9. The molecule has 2 fully saturated rings. The zero-order chi connectivity index (χ0) is 28.6. The number of likely N-dealkylation sites (N-methyl/N-ethyl adjacent to an activating group) is 1. The van der Waals surface area contributed by atoms with E-state index in [-0.39, 0.29) is 17.3 Å². The van der Waals surface area contributed by atoms with Gasteiger partial charge < -0.3 is 24.8 Å². The van der Waals surface area contributed by atoms with Crippen molar-refractivity contribution in [2.75, 3.05) is 68.6 Å². The average molecular weight is 563 g/mol. The normalized spacial score (nSPS) is 18.1. The van der Waals surface area contributed by atoms with Crippen LogP contribution in [0.25, 0.3) is 11.1 Å². The second-order valence-electron chi connectivity index (χ2n) is 10.1. The van der Waals surface area contributed by atoms with Gasteiger partial charge in [0.2, 0.25) is 5.95 Å². The summed E-state index contributed by atoms with van der Waals surface area (Å²) in [5.74, 6) is -1.08. The van der Waals surface area contributed by atoms with Gasteiger partial charge in [-0.25, -0.2) is 14.4 Å². The van der Waals surface area contributed by atoms with Crippen LogP contribution in [0.4, 0.5) is 34.9 Å². The fraction of sp³-hybridized carbons (Fsp3) is 0.462. The summed E-state index contributed by atoms with van der Waals surface area (Å²) in [5.41, 5.74) is -0.896. The molecule has 1 unspecified atom stereocenters. The topological polar surface area (TPSA) is 91.7 Å². The summed E-state index contributed by atoms with van der Waals surface area (Å²) in [7, 11) is 5.20. The van der Waals surface area contributed by atoms with E-state index in [1.54, 1.807) is 0 Å². The number of hydrogen-bond acceptors (Lipinski definition) is 8. The number of carbonyl (C=O) groups excluding carboxylic acids is 1. The van der Waals surface area contributed by atoms with E-state index in [4.69, 9.17) is 4.74 Å². The fourth-order valence-corrected chi connectivity index (χ4v) is 4.97. The minimum atomic E-state index is -4.82. The lowest BCUT2D eigenvalue weighted by Gasteiger charge is -2.26. The van der Waals surface area contributed by atoms with E-state index in [1.165, 1.54) is 31.6 Å². The number of anilines is 3. The Kier molecular flexibility index (Phi) is 7.64. The molecule has 1 N–H and O–H groups in total. The maximum absolute atomic E-state index is 15.6. The predicted octanol–water partition coefficient (Wildman–Crippen LogP) is 3.26. The van der Waals surface area contributed by atoms with Gasteiger partial charge in [0.1, 0.15) is 5.82 Å². The number of alkyl halides is 3. The van der Waals surface area contributed by atoms with E-state index in [1.807, 2.05) is 23.9 Å². The van der Waals surface area contributed by atoms with Gasteiger partial charge in [-0.15, -0.1) is 0 Å². The number of aryl methyl sites for hydroxylation is 1. The van der Waals surface area contributed by atoms with E-state index >= 15 is 4.39 Å². The van der Waals surface area contributed by atoms with Crippen molar-refractivity contribution in [3.8, 4) is 11.1 Å². The molecule has 1 aromatic carbocycles. The molecule has 5 rings (SSSR count). The van der Waals surface area contributed by atoms with Gasteiger partial charge in [-0.05, 0) is 32.6 Å². The Balaban J connectivity index is 1.51. The van der Waals surface area contributed by atoms with Crippen molar-refractivity contribution in [1.29, 1.82) is 0 Å². The van der Waals surface area contributed by atoms with Gasteiger partial charge in [0.05, 0.1) is 30.2 Å².